The largest absolute Gasteiger partial charge is 0.497 e. The summed E-state index contributed by atoms with van der Waals surface area (Å²) in [6.07, 6.45) is 0.819. The lowest BCUT2D eigenvalue weighted by molar-refractivity contribution is 0.0923. The highest BCUT2D eigenvalue weighted by Gasteiger charge is 2.37. The third-order valence-electron chi connectivity index (χ3n) is 4.01. The number of benzene rings is 2. The lowest BCUT2D eigenvalue weighted by atomic mass is 10.1. The van der Waals surface area contributed by atoms with Crippen LogP contribution in [0.25, 0.3) is 0 Å². The average Bonchev–Trinajstić information content (AvgIpc) is 2.90. The predicted molar refractivity (Wildman–Crippen MR) is 93.2 cm³/mol. The van der Waals surface area contributed by atoms with Crippen molar-refractivity contribution < 1.29 is 19.1 Å². The number of carbonyl (C=O) groups excluding carboxylic acids is 3. The minimum absolute atomic E-state index is 0.241. The molecule has 3 amide bonds. The van der Waals surface area contributed by atoms with Gasteiger partial charge in [-0.25, -0.2) is 4.90 Å². The zero-order chi connectivity index (χ0) is 18.0. The van der Waals surface area contributed by atoms with Crippen molar-refractivity contribution in [2.45, 2.75) is 13.3 Å². The zero-order valence-corrected chi connectivity index (χ0v) is 14.0. The molecule has 0 fully saturated rings. The molecule has 1 aliphatic heterocycles. The van der Waals surface area contributed by atoms with Gasteiger partial charge in [0.05, 0.1) is 23.9 Å². The molecule has 0 unspecified atom stereocenters. The number of hydrogen-bond donors (Lipinski definition) is 1. The monoisotopic (exact) mass is 338 g/mol. The third-order valence-corrected chi connectivity index (χ3v) is 4.01. The van der Waals surface area contributed by atoms with Crippen molar-refractivity contribution >= 4 is 23.4 Å². The number of imide groups is 1. The normalized spacial score (nSPS) is 13.0. The van der Waals surface area contributed by atoms with Gasteiger partial charge >= 0.3 is 0 Å². The molecule has 128 valence electrons. The van der Waals surface area contributed by atoms with E-state index in [9.17, 15) is 14.4 Å². The number of ether oxygens (including phenoxy) is 1. The number of amides is 3. The van der Waals surface area contributed by atoms with Crippen molar-refractivity contribution in [3.05, 3.63) is 59.2 Å². The number of nitrogens with zero attached hydrogens (tertiary/aromatic N) is 1. The molecule has 0 bridgehead atoms. The standard InChI is InChI=1S/C19H18N2O4/c1-3-10-20-17(22)12-4-9-15-16(11-12)19(24)21(18(15)23)13-5-7-14(25-2)8-6-13/h4-9,11H,3,10H2,1-2H3,(H,20,22). The number of rotatable bonds is 5. The van der Waals surface area contributed by atoms with Crippen molar-refractivity contribution in [2.75, 3.05) is 18.6 Å². The van der Waals surface area contributed by atoms with Crippen LogP contribution in [-0.4, -0.2) is 31.4 Å². The van der Waals surface area contributed by atoms with Gasteiger partial charge in [-0.05, 0) is 48.9 Å². The summed E-state index contributed by atoms with van der Waals surface area (Å²) in [5, 5.41) is 2.76. The molecule has 6 heteroatoms. The summed E-state index contributed by atoms with van der Waals surface area (Å²) in [7, 11) is 1.54. The fourth-order valence-electron chi connectivity index (χ4n) is 2.69. The number of fused-ring (bicyclic) bond motifs is 1. The molecule has 0 saturated heterocycles. The van der Waals surface area contributed by atoms with E-state index in [0.29, 0.717) is 29.1 Å². The molecule has 25 heavy (non-hydrogen) atoms. The van der Waals surface area contributed by atoms with Crippen molar-refractivity contribution in [1.29, 1.82) is 0 Å². The maximum atomic E-state index is 12.7. The van der Waals surface area contributed by atoms with Crippen LogP contribution in [0.1, 0.15) is 44.4 Å². The van der Waals surface area contributed by atoms with Gasteiger partial charge in [-0.15, -0.1) is 0 Å². The lowest BCUT2D eigenvalue weighted by Gasteiger charge is -2.14. The molecule has 0 atom stereocenters. The van der Waals surface area contributed by atoms with Gasteiger partial charge < -0.3 is 10.1 Å². The molecule has 0 saturated carbocycles. The van der Waals surface area contributed by atoms with E-state index in [0.717, 1.165) is 11.3 Å². The van der Waals surface area contributed by atoms with E-state index < -0.39 is 11.8 Å². The van der Waals surface area contributed by atoms with Crippen LogP contribution in [0.15, 0.2) is 42.5 Å². The van der Waals surface area contributed by atoms with Gasteiger partial charge in [-0.2, -0.15) is 0 Å². The fourth-order valence-corrected chi connectivity index (χ4v) is 2.69. The van der Waals surface area contributed by atoms with Gasteiger partial charge in [-0.3, -0.25) is 14.4 Å². The molecule has 0 radical (unpaired) electrons. The molecule has 1 heterocycles. The summed E-state index contributed by atoms with van der Waals surface area (Å²) in [6.45, 7) is 2.51. The van der Waals surface area contributed by atoms with Gasteiger partial charge in [0.25, 0.3) is 17.7 Å². The van der Waals surface area contributed by atoms with Gasteiger partial charge in [-0.1, -0.05) is 6.92 Å². The van der Waals surface area contributed by atoms with E-state index in [4.69, 9.17) is 4.74 Å². The maximum absolute atomic E-state index is 12.7. The van der Waals surface area contributed by atoms with Crippen LogP contribution in [-0.2, 0) is 0 Å². The molecule has 2 aromatic carbocycles. The smallest absolute Gasteiger partial charge is 0.266 e. The summed E-state index contributed by atoms with van der Waals surface area (Å²) in [4.78, 5) is 38.5. The maximum Gasteiger partial charge on any atom is 0.266 e. The minimum atomic E-state index is -0.435. The Morgan fingerprint density at radius 3 is 2.36 bits per heavy atom. The number of methoxy groups -OCH3 is 1. The number of hydrogen-bond acceptors (Lipinski definition) is 4. The molecule has 3 rings (SSSR count). The highest BCUT2D eigenvalue weighted by Crippen LogP contribution is 2.30. The summed E-state index contributed by atoms with van der Waals surface area (Å²) in [5.41, 5.74) is 1.37. The first kappa shape index (κ1) is 16.7. The topological polar surface area (TPSA) is 75.7 Å². The first-order valence-corrected chi connectivity index (χ1v) is 8.02. The average molecular weight is 338 g/mol. The van der Waals surface area contributed by atoms with Gasteiger partial charge in [0, 0.05) is 12.1 Å². The Labute approximate surface area is 145 Å². The van der Waals surface area contributed by atoms with Crippen LogP contribution in [0.2, 0.25) is 0 Å². The van der Waals surface area contributed by atoms with Crippen LogP contribution in [0.3, 0.4) is 0 Å². The molecule has 6 nitrogen and oxygen atoms in total. The Bertz CT molecular complexity index is 843. The van der Waals surface area contributed by atoms with E-state index in [1.54, 1.807) is 37.4 Å². The Morgan fingerprint density at radius 2 is 1.72 bits per heavy atom. The molecule has 0 spiro atoms. The Balaban J connectivity index is 1.92. The van der Waals surface area contributed by atoms with E-state index in [1.807, 2.05) is 6.92 Å². The van der Waals surface area contributed by atoms with Crippen LogP contribution < -0.4 is 15.0 Å². The third kappa shape index (κ3) is 2.98. The number of nitrogens with one attached hydrogen (secondary N) is 1. The second-order valence-electron chi connectivity index (χ2n) is 5.66. The van der Waals surface area contributed by atoms with E-state index in [1.165, 1.54) is 12.1 Å². The number of anilines is 1. The molecular weight excluding hydrogens is 320 g/mol. The van der Waals surface area contributed by atoms with Crippen LogP contribution in [0, 0.1) is 0 Å². The Hall–Kier alpha value is -3.15. The Morgan fingerprint density at radius 1 is 1.04 bits per heavy atom. The SMILES string of the molecule is CCCNC(=O)c1ccc2c(c1)C(=O)N(c1ccc(OC)cc1)C2=O. The van der Waals surface area contributed by atoms with Crippen molar-refractivity contribution in [1.82, 2.24) is 5.32 Å². The van der Waals surface area contributed by atoms with E-state index in [2.05, 4.69) is 5.32 Å². The summed E-state index contributed by atoms with van der Waals surface area (Å²) in [5.74, 6) is -0.455. The van der Waals surface area contributed by atoms with Gasteiger partial charge in [0.15, 0.2) is 0 Å². The lowest BCUT2D eigenvalue weighted by Crippen LogP contribution is -2.29. The molecule has 2 aromatic rings. The fraction of sp³-hybridized carbons (Fsp3) is 0.211. The zero-order valence-electron chi connectivity index (χ0n) is 14.0. The van der Waals surface area contributed by atoms with Crippen molar-refractivity contribution in [2.24, 2.45) is 0 Å². The van der Waals surface area contributed by atoms with Crippen LogP contribution >= 0.6 is 0 Å². The highest BCUT2D eigenvalue weighted by molar-refractivity contribution is 6.34. The number of carbonyl (C=O) groups is 3. The van der Waals surface area contributed by atoms with E-state index >= 15 is 0 Å². The van der Waals surface area contributed by atoms with E-state index in [-0.39, 0.29) is 11.5 Å². The second kappa shape index (κ2) is 6.76. The van der Waals surface area contributed by atoms with Crippen molar-refractivity contribution in [3.63, 3.8) is 0 Å². The summed E-state index contributed by atoms with van der Waals surface area (Å²) >= 11 is 0. The molecule has 0 aliphatic carbocycles. The van der Waals surface area contributed by atoms with Gasteiger partial charge in [0.1, 0.15) is 5.75 Å². The predicted octanol–water partition coefficient (Wildman–Crippen LogP) is 2.64. The second-order valence-corrected chi connectivity index (χ2v) is 5.66. The van der Waals surface area contributed by atoms with Gasteiger partial charge in [0.2, 0.25) is 0 Å². The van der Waals surface area contributed by atoms with Crippen LogP contribution in [0.4, 0.5) is 5.69 Å². The minimum Gasteiger partial charge on any atom is -0.497 e. The quantitative estimate of drug-likeness (QED) is 0.851. The first-order valence-electron chi connectivity index (χ1n) is 8.02. The molecule has 1 aliphatic rings. The molecule has 1 N–H and O–H groups in total. The first-order chi connectivity index (χ1) is 12.1. The highest BCUT2D eigenvalue weighted by atomic mass is 16.5. The molecule has 0 aromatic heterocycles. The summed E-state index contributed by atoms with van der Waals surface area (Å²) in [6, 6.07) is 11.2. The van der Waals surface area contributed by atoms with Crippen molar-refractivity contribution in [3.8, 4) is 5.75 Å². The van der Waals surface area contributed by atoms with Crippen LogP contribution in [0.5, 0.6) is 5.75 Å². The Kier molecular flexibility index (Phi) is 4.52. The summed E-state index contributed by atoms with van der Waals surface area (Å²) < 4.78 is 5.09. The molecular formula is C19H18N2O4.